The fourth-order valence-electron chi connectivity index (χ4n) is 2.62. The number of rotatable bonds is 6. The Morgan fingerprint density at radius 1 is 1.55 bits per heavy atom. The average Bonchev–Trinajstić information content (AvgIpc) is 3.01. The van der Waals surface area contributed by atoms with E-state index in [4.69, 9.17) is 4.74 Å². The molecule has 2 atom stereocenters. The second kappa shape index (κ2) is 8.03. The van der Waals surface area contributed by atoms with Gasteiger partial charge in [-0.25, -0.2) is 4.79 Å². The maximum absolute atomic E-state index is 12.1. The molecule has 5 nitrogen and oxygen atoms in total. The van der Waals surface area contributed by atoms with Crippen molar-refractivity contribution in [3.05, 3.63) is 29.8 Å². The van der Waals surface area contributed by atoms with E-state index in [2.05, 4.69) is 12.2 Å². The van der Waals surface area contributed by atoms with Crippen molar-refractivity contribution in [2.24, 2.45) is 5.92 Å². The van der Waals surface area contributed by atoms with Gasteiger partial charge in [0.15, 0.2) is 0 Å². The lowest BCUT2D eigenvalue weighted by Gasteiger charge is -2.18. The van der Waals surface area contributed by atoms with Gasteiger partial charge in [-0.05, 0) is 37.5 Å². The molecule has 0 bridgehead atoms. The van der Waals surface area contributed by atoms with Gasteiger partial charge in [0, 0.05) is 25.6 Å². The van der Waals surface area contributed by atoms with E-state index in [1.54, 1.807) is 11.8 Å². The van der Waals surface area contributed by atoms with E-state index in [0.717, 1.165) is 24.2 Å². The molecule has 2 N–H and O–H groups in total. The molecule has 22 heavy (non-hydrogen) atoms. The lowest BCUT2D eigenvalue weighted by atomic mass is 10.0. The van der Waals surface area contributed by atoms with Gasteiger partial charge < -0.3 is 20.1 Å². The summed E-state index contributed by atoms with van der Waals surface area (Å²) in [5.41, 5.74) is 1.02. The van der Waals surface area contributed by atoms with Gasteiger partial charge in [-0.15, -0.1) is 0 Å². The molecule has 1 fully saturated rings. The van der Waals surface area contributed by atoms with Gasteiger partial charge in [-0.2, -0.15) is 0 Å². The maximum atomic E-state index is 12.1. The Hall–Kier alpha value is -1.75. The highest BCUT2D eigenvalue weighted by atomic mass is 16.5. The molecular weight excluding hydrogens is 280 g/mol. The lowest BCUT2D eigenvalue weighted by Crippen LogP contribution is -2.38. The highest BCUT2D eigenvalue weighted by Crippen LogP contribution is 2.19. The van der Waals surface area contributed by atoms with Crippen molar-refractivity contribution in [1.29, 1.82) is 0 Å². The van der Waals surface area contributed by atoms with Crippen molar-refractivity contribution in [3.8, 4) is 5.75 Å². The van der Waals surface area contributed by atoms with E-state index in [1.807, 2.05) is 24.3 Å². The number of hydrogen-bond acceptors (Lipinski definition) is 3. The van der Waals surface area contributed by atoms with Crippen molar-refractivity contribution in [3.63, 3.8) is 0 Å². The van der Waals surface area contributed by atoms with Crippen LogP contribution in [0.3, 0.4) is 0 Å². The number of amides is 2. The van der Waals surface area contributed by atoms with Crippen LogP contribution in [0.25, 0.3) is 0 Å². The molecule has 122 valence electrons. The van der Waals surface area contributed by atoms with Crippen LogP contribution in [0.5, 0.6) is 5.75 Å². The molecule has 1 heterocycles. The molecule has 0 spiro atoms. The van der Waals surface area contributed by atoms with Crippen LogP contribution in [0.4, 0.5) is 4.79 Å². The first kappa shape index (κ1) is 16.6. The van der Waals surface area contributed by atoms with Gasteiger partial charge in [0.25, 0.3) is 0 Å². The van der Waals surface area contributed by atoms with E-state index in [0.29, 0.717) is 26.2 Å². The molecule has 2 amide bonds. The van der Waals surface area contributed by atoms with E-state index in [-0.39, 0.29) is 18.1 Å². The fourth-order valence-corrected chi connectivity index (χ4v) is 2.62. The van der Waals surface area contributed by atoms with Crippen LogP contribution in [-0.2, 0) is 6.54 Å². The zero-order chi connectivity index (χ0) is 15.9. The van der Waals surface area contributed by atoms with Gasteiger partial charge in [0.2, 0.25) is 0 Å². The Labute approximate surface area is 132 Å². The van der Waals surface area contributed by atoms with Crippen molar-refractivity contribution in [2.75, 3.05) is 19.7 Å². The Morgan fingerprint density at radius 2 is 2.36 bits per heavy atom. The number of aliphatic hydroxyl groups is 1. The molecule has 1 aliphatic heterocycles. The molecule has 0 unspecified atom stereocenters. The first-order valence-corrected chi connectivity index (χ1v) is 8.02. The predicted molar refractivity (Wildman–Crippen MR) is 85.8 cm³/mol. The number of carbonyl (C=O) groups excluding carboxylic acids is 1. The Bertz CT molecular complexity index is 491. The van der Waals surface area contributed by atoms with Crippen LogP contribution in [0.1, 0.15) is 32.3 Å². The molecule has 1 aromatic carbocycles. The molecule has 5 heteroatoms. The minimum Gasteiger partial charge on any atom is -0.494 e. The van der Waals surface area contributed by atoms with Gasteiger partial charge >= 0.3 is 6.03 Å². The number of likely N-dealkylation sites (tertiary alicyclic amines) is 1. The predicted octanol–water partition coefficient (Wildman–Crippen LogP) is 2.39. The molecule has 0 aromatic heterocycles. The molecular formula is C17H26N2O3. The van der Waals surface area contributed by atoms with Crippen LogP contribution in [0, 0.1) is 5.92 Å². The summed E-state index contributed by atoms with van der Waals surface area (Å²) < 4.78 is 5.59. The number of nitrogens with one attached hydrogen (secondary N) is 1. The van der Waals surface area contributed by atoms with Crippen molar-refractivity contribution >= 4 is 6.03 Å². The first-order valence-electron chi connectivity index (χ1n) is 8.02. The summed E-state index contributed by atoms with van der Waals surface area (Å²) in [6, 6.07) is 7.73. The minimum atomic E-state index is -0.356. The zero-order valence-electron chi connectivity index (χ0n) is 13.4. The molecule has 1 aliphatic rings. The topological polar surface area (TPSA) is 61.8 Å². The molecule has 0 radical (unpaired) electrons. The standard InChI is InChI=1S/C17H26N2O3/c1-3-9-22-16-6-4-5-14(10-16)11-18-17(21)19-8-7-15(12-19)13(2)20/h4-6,10,13,15,20H,3,7-9,11-12H2,1-2H3,(H,18,21)/t13-,15-/m0/s1. The van der Waals surface area contributed by atoms with E-state index in [1.165, 1.54) is 0 Å². The van der Waals surface area contributed by atoms with Gasteiger partial charge in [0.1, 0.15) is 5.75 Å². The number of aliphatic hydroxyl groups excluding tert-OH is 1. The van der Waals surface area contributed by atoms with Gasteiger partial charge in [-0.3, -0.25) is 0 Å². The monoisotopic (exact) mass is 306 g/mol. The second-order valence-electron chi connectivity index (χ2n) is 5.89. The molecule has 0 aliphatic carbocycles. The average molecular weight is 306 g/mol. The molecule has 2 rings (SSSR count). The quantitative estimate of drug-likeness (QED) is 0.848. The third-order valence-electron chi connectivity index (χ3n) is 4.01. The normalized spacial score (nSPS) is 19.0. The summed E-state index contributed by atoms with van der Waals surface area (Å²) in [5.74, 6) is 1.03. The number of nitrogens with zero attached hydrogens (tertiary/aromatic N) is 1. The first-order chi connectivity index (χ1) is 10.6. The highest BCUT2D eigenvalue weighted by Gasteiger charge is 2.28. The number of hydrogen-bond donors (Lipinski definition) is 2. The van der Waals surface area contributed by atoms with Gasteiger partial charge in [-0.1, -0.05) is 19.1 Å². The summed E-state index contributed by atoms with van der Waals surface area (Å²) in [6.45, 7) is 6.38. The lowest BCUT2D eigenvalue weighted by molar-refractivity contribution is 0.129. The largest absolute Gasteiger partial charge is 0.494 e. The smallest absolute Gasteiger partial charge is 0.317 e. The fraction of sp³-hybridized carbons (Fsp3) is 0.588. The number of benzene rings is 1. The number of ether oxygens (including phenoxy) is 1. The maximum Gasteiger partial charge on any atom is 0.317 e. The van der Waals surface area contributed by atoms with Crippen LogP contribution in [-0.4, -0.2) is 41.8 Å². The van der Waals surface area contributed by atoms with Crippen LogP contribution in [0.2, 0.25) is 0 Å². The van der Waals surface area contributed by atoms with Crippen molar-refractivity contribution < 1.29 is 14.6 Å². The molecule has 1 aromatic rings. The van der Waals surface area contributed by atoms with E-state index in [9.17, 15) is 9.90 Å². The third kappa shape index (κ3) is 4.63. The van der Waals surface area contributed by atoms with Crippen molar-refractivity contribution in [1.82, 2.24) is 10.2 Å². The number of urea groups is 1. The third-order valence-corrected chi connectivity index (χ3v) is 4.01. The SMILES string of the molecule is CCCOc1cccc(CNC(=O)N2CC[C@H]([C@H](C)O)C2)c1. The zero-order valence-corrected chi connectivity index (χ0v) is 13.4. The Kier molecular flexibility index (Phi) is 6.07. The second-order valence-corrected chi connectivity index (χ2v) is 5.89. The minimum absolute atomic E-state index is 0.0666. The van der Waals surface area contributed by atoms with Crippen LogP contribution >= 0.6 is 0 Å². The Morgan fingerprint density at radius 3 is 3.05 bits per heavy atom. The highest BCUT2D eigenvalue weighted by molar-refractivity contribution is 5.74. The van der Waals surface area contributed by atoms with Crippen molar-refractivity contribution in [2.45, 2.75) is 39.3 Å². The Balaban J connectivity index is 1.81. The summed E-state index contributed by atoms with van der Waals surface area (Å²) in [5, 5.41) is 12.5. The summed E-state index contributed by atoms with van der Waals surface area (Å²) in [7, 11) is 0. The van der Waals surface area contributed by atoms with Gasteiger partial charge in [0.05, 0.1) is 12.7 Å². The summed E-state index contributed by atoms with van der Waals surface area (Å²) >= 11 is 0. The van der Waals surface area contributed by atoms with E-state index >= 15 is 0 Å². The summed E-state index contributed by atoms with van der Waals surface area (Å²) in [4.78, 5) is 13.9. The molecule has 1 saturated heterocycles. The summed E-state index contributed by atoms with van der Waals surface area (Å²) in [6.07, 6.45) is 1.48. The number of carbonyl (C=O) groups is 1. The molecule has 0 saturated carbocycles. The van der Waals surface area contributed by atoms with E-state index < -0.39 is 0 Å². The van der Waals surface area contributed by atoms with Crippen LogP contribution in [0.15, 0.2) is 24.3 Å². The van der Waals surface area contributed by atoms with Crippen LogP contribution < -0.4 is 10.1 Å².